The summed E-state index contributed by atoms with van der Waals surface area (Å²) >= 11 is 2.09. The van der Waals surface area contributed by atoms with Crippen LogP contribution in [0.2, 0.25) is 0 Å². The van der Waals surface area contributed by atoms with Crippen molar-refractivity contribution in [3.05, 3.63) is 0 Å². The highest BCUT2D eigenvalue weighted by molar-refractivity contribution is 7.99. The van der Waals surface area contributed by atoms with E-state index in [0.29, 0.717) is 0 Å². The molecule has 2 fully saturated rings. The topological polar surface area (TPSA) is 24.1 Å². The molecule has 2 rings (SSSR count). The van der Waals surface area contributed by atoms with Crippen LogP contribution < -0.4 is 10.6 Å². The molecule has 82 valence electrons. The van der Waals surface area contributed by atoms with Crippen LogP contribution in [0.1, 0.15) is 26.2 Å². The summed E-state index contributed by atoms with van der Waals surface area (Å²) in [5, 5.41) is 7.22. The summed E-state index contributed by atoms with van der Waals surface area (Å²) in [5.41, 5.74) is 0. The lowest BCUT2D eigenvalue weighted by atomic mass is 9.82. The number of nitrogens with one attached hydrogen (secondary N) is 2. The molecule has 1 aliphatic carbocycles. The van der Waals surface area contributed by atoms with Crippen LogP contribution in [0.3, 0.4) is 0 Å². The minimum absolute atomic E-state index is 0.763. The summed E-state index contributed by atoms with van der Waals surface area (Å²) in [7, 11) is 0. The van der Waals surface area contributed by atoms with E-state index in [0.717, 1.165) is 18.0 Å². The Kier molecular flexibility index (Phi) is 4.14. The minimum Gasteiger partial charge on any atom is -0.314 e. The molecule has 3 heteroatoms. The minimum atomic E-state index is 0.763. The molecule has 0 bridgehead atoms. The van der Waals surface area contributed by atoms with Gasteiger partial charge in [0.25, 0.3) is 0 Å². The predicted molar refractivity (Wildman–Crippen MR) is 63.9 cm³/mol. The molecule has 0 amide bonds. The average molecular weight is 214 g/mol. The van der Waals surface area contributed by atoms with Crippen LogP contribution in [-0.4, -0.2) is 36.7 Å². The molecule has 2 aliphatic rings. The van der Waals surface area contributed by atoms with E-state index in [-0.39, 0.29) is 0 Å². The summed E-state index contributed by atoms with van der Waals surface area (Å²) < 4.78 is 0. The molecule has 14 heavy (non-hydrogen) atoms. The smallest absolute Gasteiger partial charge is 0.0170 e. The van der Waals surface area contributed by atoms with Crippen molar-refractivity contribution in [1.29, 1.82) is 0 Å². The van der Waals surface area contributed by atoms with Gasteiger partial charge in [-0.15, -0.1) is 0 Å². The Bertz CT molecular complexity index is 163. The second-order valence-electron chi connectivity index (χ2n) is 4.74. The fourth-order valence-electron chi connectivity index (χ4n) is 2.34. The normalized spacial score (nSPS) is 37.9. The second kappa shape index (κ2) is 5.38. The standard InChI is InChI=1S/C11H22N2S/c1-9-6-11(7-9)12-3-2-10-8-14-5-4-13-10/h9-13H,2-8H2,1H3. The lowest BCUT2D eigenvalue weighted by Gasteiger charge is -2.34. The van der Waals surface area contributed by atoms with Crippen LogP contribution in [0.15, 0.2) is 0 Å². The first kappa shape index (κ1) is 10.8. The Morgan fingerprint density at radius 3 is 2.93 bits per heavy atom. The van der Waals surface area contributed by atoms with Gasteiger partial charge >= 0.3 is 0 Å². The van der Waals surface area contributed by atoms with Crippen molar-refractivity contribution in [3.8, 4) is 0 Å². The summed E-state index contributed by atoms with van der Waals surface area (Å²) in [6.45, 7) is 4.75. The zero-order valence-corrected chi connectivity index (χ0v) is 9.91. The van der Waals surface area contributed by atoms with Crippen molar-refractivity contribution in [2.75, 3.05) is 24.6 Å². The van der Waals surface area contributed by atoms with Gasteiger partial charge in [-0.25, -0.2) is 0 Å². The molecule has 0 radical (unpaired) electrons. The molecule has 1 unspecified atom stereocenters. The van der Waals surface area contributed by atoms with Gasteiger partial charge in [-0.05, 0) is 31.7 Å². The highest BCUT2D eigenvalue weighted by atomic mass is 32.2. The van der Waals surface area contributed by atoms with Crippen LogP contribution >= 0.6 is 11.8 Å². The van der Waals surface area contributed by atoms with E-state index in [2.05, 4.69) is 29.3 Å². The third-order valence-electron chi connectivity index (χ3n) is 3.30. The highest BCUT2D eigenvalue weighted by Crippen LogP contribution is 2.26. The fourth-order valence-corrected chi connectivity index (χ4v) is 3.33. The van der Waals surface area contributed by atoms with Crippen LogP contribution in [0, 0.1) is 5.92 Å². The third-order valence-corrected chi connectivity index (χ3v) is 4.43. The molecule has 0 aromatic rings. The maximum Gasteiger partial charge on any atom is 0.0170 e. The molecule has 1 atom stereocenters. The second-order valence-corrected chi connectivity index (χ2v) is 5.89. The SMILES string of the molecule is CC1CC(NCCC2CSCCN2)C1. The Hall–Kier alpha value is 0.270. The van der Waals surface area contributed by atoms with E-state index in [1.807, 2.05) is 0 Å². The summed E-state index contributed by atoms with van der Waals surface area (Å²) in [6.07, 6.45) is 4.09. The van der Waals surface area contributed by atoms with Crippen molar-refractivity contribution in [2.45, 2.75) is 38.3 Å². The maximum atomic E-state index is 3.65. The molecule has 1 heterocycles. The Morgan fingerprint density at radius 2 is 2.29 bits per heavy atom. The van der Waals surface area contributed by atoms with Crippen LogP contribution in [0.4, 0.5) is 0 Å². The first-order valence-corrected chi connectivity index (χ1v) is 7.04. The van der Waals surface area contributed by atoms with Crippen LogP contribution in [-0.2, 0) is 0 Å². The van der Waals surface area contributed by atoms with Crippen LogP contribution in [0.5, 0.6) is 0 Å². The summed E-state index contributed by atoms with van der Waals surface area (Å²) in [4.78, 5) is 0. The molecule has 0 spiro atoms. The first-order valence-electron chi connectivity index (χ1n) is 5.89. The third kappa shape index (κ3) is 3.14. The zero-order valence-electron chi connectivity index (χ0n) is 9.09. The Balaban J connectivity index is 1.50. The predicted octanol–water partition coefficient (Wildman–Crippen LogP) is 1.47. The summed E-state index contributed by atoms with van der Waals surface area (Å²) in [6, 6.07) is 1.60. The van der Waals surface area contributed by atoms with Crippen molar-refractivity contribution >= 4 is 11.8 Å². The molecule has 1 aliphatic heterocycles. The van der Waals surface area contributed by atoms with Crippen LogP contribution in [0.25, 0.3) is 0 Å². The Morgan fingerprint density at radius 1 is 1.43 bits per heavy atom. The molecule has 1 saturated heterocycles. The largest absolute Gasteiger partial charge is 0.314 e. The molecular weight excluding hydrogens is 192 g/mol. The van der Waals surface area contributed by atoms with Gasteiger partial charge in [0, 0.05) is 30.1 Å². The van der Waals surface area contributed by atoms with Gasteiger partial charge in [-0.2, -0.15) is 11.8 Å². The number of hydrogen-bond donors (Lipinski definition) is 2. The van der Waals surface area contributed by atoms with Crippen molar-refractivity contribution in [2.24, 2.45) is 5.92 Å². The van der Waals surface area contributed by atoms with Crippen molar-refractivity contribution in [3.63, 3.8) is 0 Å². The molecule has 0 aromatic carbocycles. The number of rotatable bonds is 4. The average Bonchev–Trinajstić information content (AvgIpc) is 2.17. The number of thioether (sulfide) groups is 1. The van der Waals surface area contributed by atoms with Gasteiger partial charge in [0.15, 0.2) is 0 Å². The van der Waals surface area contributed by atoms with Gasteiger partial charge in [-0.1, -0.05) is 6.92 Å². The molecule has 0 aromatic heterocycles. The first-order chi connectivity index (χ1) is 6.84. The van der Waals surface area contributed by atoms with Crippen molar-refractivity contribution < 1.29 is 0 Å². The zero-order chi connectivity index (χ0) is 9.80. The van der Waals surface area contributed by atoms with E-state index in [1.54, 1.807) is 0 Å². The molecule has 2 nitrogen and oxygen atoms in total. The van der Waals surface area contributed by atoms with E-state index in [9.17, 15) is 0 Å². The van der Waals surface area contributed by atoms with E-state index in [4.69, 9.17) is 0 Å². The van der Waals surface area contributed by atoms with Gasteiger partial charge < -0.3 is 10.6 Å². The van der Waals surface area contributed by atoms with Gasteiger partial charge in [0.2, 0.25) is 0 Å². The monoisotopic (exact) mass is 214 g/mol. The maximum absolute atomic E-state index is 3.65. The lowest BCUT2D eigenvalue weighted by molar-refractivity contribution is 0.239. The highest BCUT2D eigenvalue weighted by Gasteiger charge is 2.24. The molecule has 2 N–H and O–H groups in total. The molecule has 1 saturated carbocycles. The lowest BCUT2D eigenvalue weighted by Crippen LogP contribution is -2.44. The quantitative estimate of drug-likeness (QED) is 0.741. The molecular formula is C11H22N2S. The van der Waals surface area contributed by atoms with E-state index in [1.165, 1.54) is 43.9 Å². The van der Waals surface area contributed by atoms with Gasteiger partial charge in [0.1, 0.15) is 0 Å². The van der Waals surface area contributed by atoms with Gasteiger partial charge in [-0.3, -0.25) is 0 Å². The fraction of sp³-hybridized carbons (Fsp3) is 1.00. The Labute approximate surface area is 91.6 Å². The van der Waals surface area contributed by atoms with Gasteiger partial charge in [0.05, 0.1) is 0 Å². The van der Waals surface area contributed by atoms with Crippen molar-refractivity contribution in [1.82, 2.24) is 10.6 Å². The number of hydrogen-bond acceptors (Lipinski definition) is 3. The summed E-state index contributed by atoms with van der Waals surface area (Å²) in [5.74, 6) is 3.57. The van der Waals surface area contributed by atoms with E-state index < -0.39 is 0 Å². The van der Waals surface area contributed by atoms with E-state index >= 15 is 0 Å².